The number of halogens is 1. The minimum atomic E-state index is -0.612. The highest BCUT2D eigenvalue weighted by Gasteiger charge is 2.57. The van der Waals surface area contributed by atoms with E-state index >= 15 is 0 Å². The van der Waals surface area contributed by atoms with E-state index in [9.17, 15) is 4.79 Å². The number of hydrogen-bond donors (Lipinski definition) is 1. The van der Waals surface area contributed by atoms with Gasteiger partial charge in [-0.25, -0.2) is 0 Å². The van der Waals surface area contributed by atoms with Crippen LogP contribution in [0.25, 0.3) is 27.9 Å². The second-order valence-electron chi connectivity index (χ2n) is 9.69. The molecule has 1 aromatic heterocycles. The van der Waals surface area contributed by atoms with Crippen molar-refractivity contribution < 1.29 is 4.79 Å². The number of amides is 1. The first kappa shape index (κ1) is 20.5. The van der Waals surface area contributed by atoms with Crippen molar-refractivity contribution >= 4 is 55.4 Å². The SMILES string of the molecule is Cn1c2ccccc2c2cc(/C=C/[C@@]34NC(=O)CCN3c3ccc(Br)cc3C4(C)C)ccc21. The lowest BCUT2D eigenvalue weighted by atomic mass is 9.74. The van der Waals surface area contributed by atoms with E-state index < -0.39 is 5.66 Å². The molecule has 0 spiro atoms. The number of nitrogens with zero attached hydrogens (tertiary/aromatic N) is 2. The van der Waals surface area contributed by atoms with Crippen molar-refractivity contribution in [2.75, 3.05) is 11.4 Å². The first-order chi connectivity index (χ1) is 15.8. The highest BCUT2D eigenvalue weighted by atomic mass is 79.9. The summed E-state index contributed by atoms with van der Waals surface area (Å²) in [5.41, 5.74) is 5.10. The van der Waals surface area contributed by atoms with Gasteiger partial charge >= 0.3 is 0 Å². The molecule has 1 atom stereocenters. The van der Waals surface area contributed by atoms with E-state index in [0.29, 0.717) is 13.0 Å². The van der Waals surface area contributed by atoms with Crippen LogP contribution in [0.5, 0.6) is 0 Å². The molecule has 2 aliphatic heterocycles. The van der Waals surface area contributed by atoms with Gasteiger partial charge in [0.2, 0.25) is 5.91 Å². The molecule has 1 N–H and O–H groups in total. The number of rotatable bonds is 2. The summed E-state index contributed by atoms with van der Waals surface area (Å²) >= 11 is 3.64. The molecule has 0 saturated carbocycles. The molecule has 2 aliphatic rings. The van der Waals surface area contributed by atoms with Gasteiger partial charge in [-0.15, -0.1) is 0 Å². The van der Waals surface area contributed by atoms with Crippen LogP contribution in [0.3, 0.4) is 0 Å². The number of benzene rings is 3. The summed E-state index contributed by atoms with van der Waals surface area (Å²) in [4.78, 5) is 15.0. The van der Waals surface area contributed by atoms with Crippen LogP contribution in [0, 0.1) is 0 Å². The van der Waals surface area contributed by atoms with Gasteiger partial charge in [0.05, 0.1) is 0 Å². The number of nitrogens with one attached hydrogen (secondary N) is 1. The number of carbonyl (C=O) groups excluding carboxylic acids is 1. The number of hydrogen-bond acceptors (Lipinski definition) is 2. The fraction of sp³-hybridized carbons (Fsp3) is 0.250. The Morgan fingerprint density at radius 2 is 1.79 bits per heavy atom. The standard InChI is InChI=1S/C28H26BrN3O/c1-27(2)22-17-19(29)9-11-25(22)32-15-13-26(33)30-28(27,32)14-12-18-8-10-24-21(16-18)20-6-4-5-7-23(20)31(24)3/h4-12,14,16-17H,13,15H2,1-3H3,(H,30,33)/b14-12+/t28-/m1/s1. The van der Waals surface area contributed by atoms with Gasteiger partial charge in [0.1, 0.15) is 5.66 Å². The third-order valence-corrected chi connectivity index (χ3v) is 8.14. The number of fused-ring (bicyclic) bond motifs is 6. The summed E-state index contributed by atoms with van der Waals surface area (Å²) in [5.74, 6) is 0.0975. The lowest BCUT2D eigenvalue weighted by molar-refractivity contribution is -0.124. The highest BCUT2D eigenvalue weighted by Crippen LogP contribution is 2.53. The molecule has 5 heteroatoms. The molecule has 33 heavy (non-hydrogen) atoms. The predicted octanol–water partition coefficient (Wildman–Crippen LogP) is 6.12. The van der Waals surface area contributed by atoms with E-state index in [-0.39, 0.29) is 11.3 Å². The molecule has 1 saturated heterocycles. The van der Waals surface area contributed by atoms with Crippen LogP contribution in [-0.4, -0.2) is 22.7 Å². The molecule has 0 unspecified atom stereocenters. The first-order valence-corrected chi connectivity index (χ1v) is 12.2. The average Bonchev–Trinajstić information content (AvgIpc) is 3.19. The molecular formula is C28H26BrN3O. The maximum Gasteiger partial charge on any atom is 0.223 e. The molecule has 4 nitrogen and oxygen atoms in total. The molecule has 4 aromatic rings. The summed E-state index contributed by atoms with van der Waals surface area (Å²) in [7, 11) is 2.12. The maximum atomic E-state index is 12.7. The van der Waals surface area contributed by atoms with Crippen LogP contribution in [-0.2, 0) is 17.3 Å². The molecule has 0 bridgehead atoms. The van der Waals surface area contributed by atoms with E-state index in [1.165, 1.54) is 33.1 Å². The molecule has 166 valence electrons. The molecule has 3 aromatic carbocycles. The molecule has 0 aliphatic carbocycles. The lowest BCUT2D eigenvalue weighted by Gasteiger charge is -2.49. The molecule has 1 amide bonds. The zero-order chi connectivity index (χ0) is 23.0. The molecule has 1 fully saturated rings. The van der Waals surface area contributed by atoms with Gasteiger partial charge in [-0.05, 0) is 53.6 Å². The number of aryl methyl sites for hydroxylation is 1. The smallest absolute Gasteiger partial charge is 0.223 e. The number of anilines is 1. The Kier molecular flexibility index (Phi) is 4.34. The van der Waals surface area contributed by atoms with Crippen molar-refractivity contribution in [3.05, 3.63) is 82.3 Å². The molecule has 3 heterocycles. The average molecular weight is 500 g/mol. The van der Waals surface area contributed by atoms with Crippen LogP contribution in [0.1, 0.15) is 31.4 Å². The monoisotopic (exact) mass is 499 g/mol. The summed E-state index contributed by atoms with van der Waals surface area (Å²) in [6, 6.07) is 21.6. The normalized spacial score (nSPS) is 21.6. The van der Waals surface area contributed by atoms with Crippen LogP contribution in [0.15, 0.2) is 71.2 Å². The summed E-state index contributed by atoms with van der Waals surface area (Å²) in [5, 5.41) is 5.87. The molecule has 6 rings (SSSR count). The van der Waals surface area contributed by atoms with Crippen molar-refractivity contribution in [3.63, 3.8) is 0 Å². The third-order valence-electron chi connectivity index (χ3n) is 7.65. The first-order valence-electron chi connectivity index (χ1n) is 11.4. The Morgan fingerprint density at radius 1 is 1.00 bits per heavy atom. The van der Waals surface area contributed by atoms with E-state index in [4.69, 9.17) is 0 Å². The van der Waals surface area contributed by atoms with Gasteiger partial charge in [-0.2, -0.15) is 0 Å². The van der Waals surface area contributed by atoms with Crippen LogP contribution in [0.2, 0.25) is 0 Å². The van der Waals surface area contributed by atoms with Crippen molar-refractivity contribution in [3.8, 4) is 0 Å². The number of para-hydroxylation sites is 1. The highest BCUT2D eigenvalue weighted by molar-refractivity contribution is 9.10. The molecular weight excluding hydrogens is 474 g/mol. The molecule has 0 radical (unpaired) electrons. The van der Waals surface area contributed by atoms with Gasteiger partial charge in [-0.1, -0.05) is 60.1 Å². The zero-order valence-electron chi connectivity index (χ0n) is 19.0. The van der Waals surface area contributed by atoms with E-state index in [0.717, 1.165) is 10.0 Å². The van der Waals surface area contributed by atoms with Crippen LogP contribution < -0.4 is 10.2 Å². The Bertz CT molecular complexity index is 1480. The largest absolute Gasteiger partial charge is 0.344 e. The van der Waals surface area contributed by atoms with E-state index in [1.807, 2.05) is 0 Å². The number of aromatic nitrogens is 1. The van der Waals surface area contributed by atoms with Crippen LogP contribution in [0.4, 0.5) is 5.69 Å². The quantitative estimate of drug-likeness (QED) is 0.360. The van der Waals surface area contributed by atoms with Gasteiger partial charge < -0.3 is 14.8 Å². The van der Waals surface area contributed by atoms with Gasteiger partial charge in [0.15, 0.2) is 0 Å². The Hall–Kier alpha value is -3.05. The predicted molar refractivity (Wildman–Crippen MR) is 139 cm³/mol. The minimum Gasteiger partial charge on any atom is -0.344 e. The number of carbonyl (C=O) groups is 1. The van der Waals surface area contributed by atoms with Crippen molar-refractivity contribution in [2.45, 2.75) is 31.3 Å². The van der Waals surface area contributed by atoms with Crippen molar-refractivity contribution in [1.29, 1.82) is 0 Å². The van der Waals surface area contributed by atoms with E-state index in [2.05, 4.69) is 124 Å². The fourth-order valence-corrected chi connectivity index (χ4v) is 6.19. The summed E-state index contributed by atoms with van der Waals surface area (Å²) in [6.07, 6.45) is 4.87. The second kappa shape index (κ2) is 6.97. The topological polar surface area (TPSA) is 37.3 Å². The Balaban J connectivity index is 1.49. The maximum absolute atomic E-state index is 12.7. The van der Waals surface area contributed by atoms with Gasteiger partial charge in [0.25, 0.3) is 0 Å². The Morgan fingerprint density at radius 3 is 2.64 bits per heavy atom. The third kappa shape index (κ3) is 2.78. The fourth-order valence-electron chi connectivity index (χ4n) is 5.83. The summed E-state index contributed by atoms with van der Waals surface area (Å²) in [6.45, 7) is 5.15. The van der Waals surface area contributed by atoms with Crippen molar-refractivity contribution in [1.82, 2.24) is 9.88 Å². The zero-order valence-corrected chi connectivity index (χ0v) is 20.6. The van der Waals surface area contributed by atoms with Crippen molar-refractivity contribution in [2.24, 2.45) is 7.05 Å². The minimum absolute atomic E-state index is 0.0975. The Labute approximate surface area is 202 Å². The summed E-state index contributed by atoms with van der Waals surface area (Å²) < 4.78 is 3.30. The van der Waals surface area contributed by atoms with E-state index in [1.54, 1.807) is 0 Å². The second-order valence-corrected chi connectivity index (χ2v) is 10.6. The van der Waals surface area contributed by atoms with Gasteiger partial charge in [0, 0.05) is 57.4 Å². The van der Waals surface area contributed by atoms with Gasteiger partial charge in [-0.3, -0.25) is 4.79 Å². The van der Waals surface area contributed by atoms with Crippen LogP contribution >= 0.6 is 15.9 Å². The lowest BCUT2D eigenvalue weighted by Crippen LogP contribution is -2.68.